The van der Waals surface area contributed by atoms with Gasteiger partial charge in [0.1, 0.15) is 12.4 Å². The fourth-order valence-electron chi connectivity index (χ4n) is 1.22. The van der Waals surface area contributed by atoms with Crippen LogP contribution in [-0.4, -0.2) is 31.5 Å². The minimum absolute atomic E-state index is 0. The van der Waals surface area contributed by atoms with Crippen LogP contribution in [-0.2, 0) is 21.8 Å². The Hall–Kier alpha value is -0.531. The predicted molar refractivity (Wildman–Crippen MR) is 84.9 cm³/mol. The molecule has 0 amide bonds. The van der Waals surface area contributed by atoms with Crippen LogP contribution < -0.4 is 4.74 Å². The summed E-state index contributed by atoms with van der Waals surface area (Å²) in [6.45, 7) is 1.46. The van der Waals surface area contributed by atoms with Crippen LogP contribution >= 0.6 is 7.81 Å². The van der Waals surface area contributed by atoms with E-state index < -0.39 is 7.81 Å². The van der Waals surface area contributed by atoms with E-state index in [0.717, 1.165) is 5.75 Å². The van der Waals surface area contributed by atoms with Crippen molar-refractivity contribution in [2.75, 3.05) is 26.4 Å². The smallest absolute Gasteiger partial charge is 0.491 e. The largest absolute Gasteiger partial charge is 2.00 e. The molecule has 26 heavy (non-hydrogen) atoms. The first-order chi connectivity index (χ1) is 11.4. The SMILES string of the molecule is F[P-](F)(F)(F)(F)F.OCCOCCOc1ccccc1.[CH]1[CH][CH][CH][CH]1.[Fe+2]. The summed E-state index contributed by atoms with van der Waals surface area (Å²) in [5.74, 6) is 0.843. The first-order valence-electron chi connectivity index (χ1n) is 6.98. The molecule has 0 aromatic heterocycles. The van der Waals surface area contributed by atoms with Crippen molar-refractivity contribution in [1.29, 1.82) is 0 Å². The molecule has 0 heterocycles. The molecule has 0 saturated heterocycles. The van der Waals surface area contributed by atoms with Crippen molar-refractivity contribution in [3.63, 3.8) is 0 Å². The van der Waals surface area contributed by atoms with Crippen LogP contribution in [0.2, 0.25) is 0 Å². The molecule has 1 aliphatic rings. The summed E-state index contributed by atoms with van der Waals surface area (Å²) in [5.41, 5.74) is 0. The molecule has 3 nitrogen and oxygen atoms in total. The Kier molecular flexibility index (Phi) is 12.8. The molecule has 2 rings (SSSR count). The van der Waals surface area contributed by atoms with Gasteiger partial charge in [-0.3, -0.25) is 0 Å². The molecule has 1 saturated carbocycles. The van der Waals surface area contributed by atoms with Gasteiger partial charge in [0.2, 0.25) is 0 Å². The molecule has 0 unspecified atom stereocenters. The van der Waals surface area contributed by atoms with Gasteiger partial charge in [-0.2, -0.15) is 0 Å². The fourth-order valence-corrected chi connectivity index (χ4v) is 1.22. The monoisotopic (exact) mass is 448 g/mol. The second kappa shape index (κ2) is 12.0. The molecule has 151 valence electrons. The van der Waals surface area contributed by atoms with Gasteiger partial charge in [0.15, 0.2) is 0 Å². The minimum atomic E-state index is -10.7. The van der Waals surface area contributed by atoms with Gasteiger partial charge in [0.25, 0.3) is 0 Å². The van der Waals surface area contributed by atoms with Gasteiger partial charge in [-0.25, -0.2) is 0 Å². The van der Waals surface area contributed by atoms with Crippen molar-refractivity contribution in [2.45, 2.75) is 0 Å². The standard InChI is InChI=1S/C10H14O3.C5H5.F6P.Fe/c11-6-7-12-8-9-13-10-4-2-1-3-5-10;1-2-4-5-3-1;1-7(2,3,4,5)6;/h1-5,11H,6-9H2;1-5H;;/q;;-1;+2. The van der Waals surface area contributed by atoms with E-state index in [1.54, 1.807) is 0 Å². The van der Waals surface area contributed by atoms with E-state index in [-0.39, 0.29) is 23.7 Å². The first-order valence-corrected chi connectivity index (χ1v) is 9.01. The van der Waals surface area contributed by atoms with E-state index >= 15 is 0 Å². The Morgan fingerprint density at radius 1 is 0.731 bits per heavy atom. The maximum Gasteiger partial charge on any atom is 2.00 e. The fraction of sp³-hybridized carbons (Fsp3) is 0.267. The molecule has 1 fully saturated rings. The summed E-state index contributed by atoms with van der Waals surface area (Å²) >= 11 is 0. The minimum Gasteiger partial charge on any atom is -0.491 e. The Morgan fingerprint density at radius 3 is 1.54 bits per heavy atom. The average Bonchev–Trinajstić information content (AvgIpc) is 3.04. The van der Waals surface area contributed by atoms with Gasteiger partial charge in [0.05, 0.1) is 19.8 Å². The van der Waals surface area contributed by atoms with E-state index in [0.29, 0.717) is 19.8 Å². The van der Waals surface area contributed by atoms with Crippen LogP contribution in [0.1, 0.15) is 0 Å². The van der Waals surface area contributed by atoms with E-state index in [2.05, 4.69) is 0 Å². The van der Waals surface area contributed by atoms with Crippen LogP contribution in [0.3, 0.4) is 0 Å². The van der Waals surface area contributed by atoms with Crippen molar-refractivity contribution >= 4 is 7.81 Å². The van der Waals surface area contributed by atoms with Crippen molar-refractivity contribution in [1.82, 2.24) is 0 Å². The van der Waals surface area contributed by atoms with Crippen LogP contribution in [0.5, 0.6) is 5.75 Å². The molecule has 1 aromatic rings. The molecule has 11 heteroatoms. The molecule has 0 atom stereocenters. The van der Waals surface area contributed by atoms with Gasteiger partial charge >= 0.3 is 50.1 Å². The zero-order valence-corrected chi connectivity index (χ0v) is 15.4. The van der Waals surface area contributed by atoms with Crippen molar-refractivity contribution in [3.8, 4) is 5.75 Å². The van der Waals surface area contributed by atoms with E-state index in [1.165, 1.54) is 0 Å². The third-order valence-electron chi connectivity index (χ3n) is 2.03. The second-order valence-corrected chi connectivity index (χ2v) is 6.33. The number of rotatable bonds is 6. The molecule has 1 aromatic carbocycles. The van der Waals surface area contributed by atoms with Crippen LogP contribution in [0, 0.1) is 32.1 Å². The quantitative estimate of drug-likeness (QED) is 0.271. The number of hydrogen-bond acceptors (Lipinski definition) is 3. The van der Waals surface area contributed by atoms with Crippen molar-refractivity contribution in [2.24, 2.45) is 0 Å². The first kappa shape index (κ1) is 27.7. The molecule has 1 aliphatic carbocycles. The van der Waals surface area contributed by atoms with Gasteiger partial charge < -0.3 is 14.6 Å². The topological polar surface area (TPSA) is 38.7 Å². The third-order valence-corrected chi connectivity index (χ3v) is 2.03. The number of hydrogen-bond donors (Lipinski definition) is 1. The number of aliphatic hydroxyl groups is 1. The molecule has 1 N–H and O–H groups in total. The van der Waals surface area contributed by atoms with Crippen LogP contribution in [0.15, 0.2) is 30.3 Å². The molecule has 5 radical (unpaired) electrons. The molecular formula is C15H19F6FeO3P+. The van der Waals surface area contributed by atoms with Gasteiger partial charge in [0, 0.05) is 0 Å². The van der Waals surface area contributed by atoms with E-state index in [9.17, 15) is 25.2 Å². The zero-order valence-electron chi connectivity index (χ0n) is 13.4. The number of aliphatic hydroxyl groups excluding tert-OH is 1. The number of para-hydroxylation sites is 1. The average molecular weight is 448 g/mol. The zero-order chi connectivity index (χ0) is 19.3. The van der Waals surface area contributed by atoms with Crippen molar-refractivity contribution < 1.29 is 56.8 Å². The maximum absolute atomic E-state index is 10.7. The summed E-state index contributed by atoms with van der Waals surface area (Å²) in [6, 6.07) is 9.57. The van der Waals surface area contributed by atoms with E-state index in [4.69, 9.17) is 14.6 Å². The predicted octanol–water partition coefficient (Wildman–Crippen LogP) is 5.48. The normalized spacial score (nSPS) is 15.8. The Balaban J connectivity index is 0. The van der Waals surface area contributed by atoms with Crippen molar-refractivity contribution in [3.05, 3.63) is 62.4 Å². The third kappa shape index (κ3) is 31.3. The Bertz CT molecular complexity index is 435. The summed E-state index contributed by atoms with van der Waals surface area (Å²) in [6.07, 6.45) is 10.0. The summed E-state index contributed by atoms with van der Waals surface area (Å²) in [7, 11) is -10.7. The molecule has 0 spiro atoms. The number of benzene rings is 1. The number of ether oxygens (including phenoxy) is 2. The Morgan fingerprint density at radius 2 is 1.15 bits per heavy atom. The van der Waals surface area contributed by atoms with Gasteiger partial charge in [-0.1, -0.05) is 18.2 Å². The summed E-state index contributed by atoms with van der Waals surface area (Å²) in [4.78, 5) is 0. The van der Waals surface area contributed by atoms with E-state index in [1.807, 2.05) is 62.4 Å². The Labute approximate surface area is 159 Å². The molecule has 0 aliphatic heterocycles. The number of halogens is 6. The molecular weight excluding hydrogens is 429 g/mol. The van der Waals surface area contributed by atoms with Gasteiger partial charge in [-0.05, 0) is 44.2 Å². The summed E-state index contributed by atoms with van der Waals surface area (Å²) in [5, 5.41) is 8.42. The van der Waals surface area contributed by atoms with Gasteiger partial charge in [-0.15, -0.1) is 0 Å². The van der Waals surface area contributed by atoms with Crippen LogP contribution in [0.25, 0.3) is 0 Å². The maximum atomic E-state index is 9.87. The van der Waals surface area contributed by atoms with Crippen LogP contribution in [0.4, 0.5) is 25.2 Å². The summed E-state index contributed by atoms with van der Waals surface area (Å²) < 4.78 is 69.6. The molecule has 0 bridgehead atoms. The second-order valence-electron chi connectivity index (χ2n) is 4.42.